The van der Waals surface area contributed by atoms with Crippen LogP contribution >= 0.6 is 0 Å². The van der Waals surface area contributed by atoms with E-state index in [9.17, 15) is 14.0 Å². The van der Waals surface area contributed by atoms with Crippen molar-refractivity contribution in [3.8, 4) is 6.07 Å². The summed E-state index contributed by atoms with van der Waals surface area (Å²) >= 11 is 0. The highest BCUT2D eigenvalue weighted by Gasteiger charge is 2.14. The minimum atomic E-state index is -0.885. The van der Waals surface area contributed by atoms with Gasteiger partial charge in [-0.05, 0) is 42.5 Å². The Bertz CT molecular complexity index is 720. The lowest BCUT2D eigenvalue weighted by Gasteiger charge is -2.06. The predicted molar refractivity (Wildman–Crippen MR) is 74.8 cm³/mol. The van der Waals surface area contributed by atoms with Crippen LogP contribution in [0.2, 0.25) is 0 Å². The van der Waals surface area contributed by atoms with Crippen molar-refractivity contribution in [2.45, 2.75) is 0 Å². The number of amides is 2. The Balaban J connectivity index is 2.01. The number of halogens is 1. The number of anilines is 2. The Morgan fingerprint density at radius 2 is 1.57 bits per heavy atom. The average Bonchev–Trinajstić information content (AvgIpc) is 2.49. The first-order chi connectivity index (χ1) is 10.1. The monoisotopic (exact) mass is 283 g/mol. The van der Waals surface area contributed by atoms with Gasteiger partial charge in [-0.3, -0.25) is 9.59 Å². The van der Waals surface area contributed by atoms with Gasteiger partial charge in [-0.15, -0.1) is 0 Å². The molecule has 0 heterocycles. The van der Waals surface area contributed by atoms with E-state index in [2.05, 4.69) is 10.6 Å². The molecule has 0 saturated heterocycles. The van der Waals surface area contributed by atoms with Gasteiger partial charge in [0.05, 0.1) is 11.6 Å². The molecule has 0 spiro atoms. The van der Waals surface area contributed by atoms with Crippen molar-refractivity contribution in [1.29, 1.82) is 5.26 Å². The molecule has 104 valence electrons. The van der Waals surface area contributed by atoms with Gasteiger partial charge in [0.1, 0.15) is 5.82 Å². The number of nitrogens with one attached hydrogen (secondary N) is 2. The van der Waals surface area contributed by atoms with E-state index in [0.717, 1.165) is 0 Å². The Kier molecular flexibility index (Phi) is 4.26. The first-order valence-electron chi connectivity index (χ1n) is 5.96. The summed E-state index contributed by atoms with van der Waals surface area (Å²) in [5.74, 6) is -2.20. The fourth-order valence-corrected chi connectivity index (χ4v) is 1.58. The van der Waals surface area contributed by atoms with Gasteiger partial charge in [-0.1, -0.05) is 6.07 Å². The zero-order chi connectivity index (χ0) is 15.2. The van der Waals surface area contributed by atoms with Crippen LogP contribution in [-0.4, -0.2) is 11.8 Å². The van der Waals surface area contributed by atoms with Crippen LogP contribution in [0.1, 0.15) is 5.56 Å². The molecule has 2 aromatic carbocycles. The van der Waals surface area contributed by atoms with Gasteiger partial charge in [-0.25, -0.2) is 4.39 Å². The molecule has 2 aromatic rings. The van der Waals surface area contributed by atoms with Gasteiger partial charge in [0.15, 0.2) is 0 Å². The molecular weight excluding hydrogens is 273 g/mol. The van der Waals surface area contributed by atoms with Crippen LogP contribution in [0.4, 0.5) is 15.8 Å². The molecule has 0 unspecified atom stereocenters. The number of carbonyl (C=O) groups excluding carboxylic acids is 2. The highest BCUT2D eigenvalue weighted by atomic mass is 19.1. The van der Waals surface area contributed by atoms with E-state index in [4.69, 9.17) is 5.26 Å². The molecule has 6 heteroatoms. The molecule has 0 radical (unpaired) electrons. The van der Waals surface area contributed by atoms with Crippen molar-refractivity contribution < 1.29 is 14.0 Å². The molecular formula is C15H10FN3O2. The van der Waals surface area contributed by atoms with E-state index in [1.165, 1.54) is 30.3 Å². The quantitative estimate of drug-likeness (QED) is 0.829. The van der Waals surface area contributed by atoms with E-state index in [0.29, 0.717) is 16.9 Å². The maximum Gasteiger partial charge on any atom is 0.314 e. The van der Waals surface area contributed by atoms with Gasteiger partial charge >= 0.3 is 11.8 Å². The van der Waals surface area contributed by atoms with Crippen molar-refractivity contribution >= 4 is 23.2 Å². The molecule has 0 aromatic heterocycles. The van der Waals surface area contributed by atoms with Crippen LogP contribution in [0.5, 0.6) is 0 Å². The summed E-state index contributed by atoms with van der Waals surface area (Å²) < 4.78 is 12.7. The third-order valence-corrected chi connectivity index (χ3v) is 2.56. The second-order valence-electron chi connectivity index (χ2n) is 4.11. The van der Waals surface area contributed by atoms with Crippen LogP contribution in [-0.2, 0) is 9.59 Å². The molecule has 0 saturated carbocycles. The first kappa shape index (κ1) is 14.2. The SMILES string of the molecule is N#Cc1cccc(NC(=O)C(=O)Nc2ccc(F)cc2)c1. The maximum atomic E-state index is 12.7. The zero-order valence-electron chi connectivity index (χ0n) is 10.8. The number of hydrogen-bond acceptors (Lipinski definition) is 3. The van der Waals surface area contributed by atoms with Gasteiger partial charge < -0.3 is 10.6 Å². The van der Waals surface area contributed by atoms with E-state index in [-0.39, 0.29) is 0 Å². The normalized spacial score (nSPS) is 9.52. The molecule has 5 nitrogen and oxygen atoms in total. The molecule has 0 bridgehead atoms. The van der Waals surface area contributed by atoms with Crippen LogP contribution in [0.3, 0.4) is 0 Å². The number of benzene rings is 2. The van der Waals surface area contributed by atoms with E-state index >= 15 is 0 Å². The third-order valence-electron chi connectivity index (χ3n) is 2.56. The molecule has 0 aliphatic carbocycles. The van der Waals surface area contributed by atoms with Gasteiger partial charge in [-0.2, -0.15) is 5.26 Å². The first-order valence-corrected chi connectivity index (χ1v) is 5.96. The Labute approximate surface area is 120 Å². The topological polar surface area (TPSA) is 82.0 Å². The second kappa shape index (κ2) is 6.30. The lowest BCUT2D eigenvalue weighted by atomic mass is 10.2. The highest BCUT2D eigenvalue weighted by molar-refractivity contribution is 6.43. The summed E-state index contributed by atoms with van der Waals surface area (Å²) in [5, 5.41) is 13.5. The standard InChI is InChI=1S/C15H10FN3O2/c16-11-4-6-12(7-5-11)18-14(20)15(21)19-13-3-1-2-10(8-13)9-17/h1-8H,(H,18,20)(H,19,21). The van der Waals surface area contributed by atoms with Crippen molar-refractivity contribution in [2.75, 3.05) is 10.6 Å². The fourth-order valence-electron chi connectivity index (χ4n) is 1.58. The zero-order valence-corrected chi connectivity index (χ0v) is 10.8. The van der Waals surface area contributed by atoms with Crippen molar-refractivity contribution in [3.05, 3.63) is 59.9 Å². The number of nitriles is 1. The van der Waals surface area contributed by atoms with E-state index in [1.807, 2.05) is 6.07 Å². The summed E-state index contributed by atoms with van der Waals surface area (Å²) in [5.41, 5.74) is 1.02. The summed E-state index contributed by atoms with van der Waals surface area (Å²) in [6, 6.07) is 13.1. The van der Waals surface area contributed by atoms with E-state index in [1.54, 1.807) is 18.2 Å². The number of carbonyl (C=O) groups is 2. The summed E-state index contributed by atoms with van der Waals surface area (Å²) in [6.07, 6.45) is 0. The van der Waals surface area contributed by atoms with Crippen LogP contribution < -0.4 is 10.6 Å². The molecule has 0 fully saturated rings. The summed E-state index contributed by atoms with van der Waals surface area (Å²) in [7, 11) is 0. The highest BCUT2D eigenvalue weighted by Crippen LogP contribution is 2.11. The fraction of sp³-hybridized carbons (Fsp3) is 0. The van der Waals surface area contributed by atoms with Crippen molar-refractivity contribution in [2.24, 2.45) is 0 Å². The van der Waals surface area contributed by atoms with Crippen LogP contribution in [0, 0.1) is 17.1 Å². The second-order valence-corrected chi connectivity index (χ2v) is 4.11. The number of nitrogens with zero attached hydrogens (tertiary/aromatic N) is 1. The van der Waals surface area contributed by atoms with Gasteiger partial charge in [0.2, 0.25) is 0 Å². The lowest BCUT2D eigenvalue weighted by Crippen LogP contribution is -2.29. The minimum Gasteiger partial charge on any atom is -0.318 e. The molecule has 0 atom stereocenters. The molecule has 21 heavy (non-hydrogen) atoms. The van der Waals surface area contributed by atoms with E-state index < -0.39 is 17.6 Å². The minimum absolute atomic E-state index is 0.308. The molecule has 2 amide bonds. The lowest BCUT2D eigenvalue weighted by molar-refractivity contribution is -0.132. The van der Waals surface area contributed by atoms with Crippen molar-refractivity contribution in [3.63, 3.8) is 0 Å². The van der Waals surface area contributed by atoms with Crippen LogP contribution in [0.15, 0.2) is 48.5 Å². The predicted octanol–water partition coefficient (Wildman–Crippen LogP) is 2.27. The average molecular weight is 283 g/mol. The molecule has 0 aliphatic heterocycles. The summed E-state index contributed by atoms with van der Waals surface area (Å²) in [4.78, 5) is 23.4. The Morgan fingerprint density at radius 1 is 0.952 bits per heavy atom. The molecule has 0 aliphatic rings. The maximum absolute atomic E-state index is 12.7. The molecule has 2 N–H and O–H groups in total. The van der Waals surface area contributed by atoms with Crippen LogP contribution in [0.25, 0.3) is 0 Å². The number of rotatable bonds is 2. The third kappa shape index (κ3) is 3.88. The van der Waals surface area contributed by atoms with Gasteiger partial charge in [0, 0.05) is 11.4 Å². The largest absolute Gasteiger partial charge is 0.318 e. The van der Waals surface area contributed by atoms with Gasteiger partial charge in [0.25, 0.3) is 0 Å². The summed E-state index contributed by atoms with van der Waals surface area (Å²) in [6.45, 7) is 0. The Hall–Kier alpha value is -3.20. The Morgan fingerprint density at radius 3 is 2.19 bits per heavy atom. The number of hydrogen-bond donors (Lipinski definition) is 2. The smallest absolute Gasteiger partial charge is 0.314 e. The van der Waals surface area contributed by atoms with Crippen molar-refractivity contribution in [1.82, 2.24) is 0 Å². The molecule has 2 rings (SSSR count).